The van der Waals surface area contributed by atoms with E-state index < -0.39 is 7.92 Å². The number of aromatic amines is 2. The van der Waals surface area contributed by atoms with E-state index in [0.717, 1.165) is 29.8 Å². The SMILES string of the molecule is CC(C)(C)c1cc(CP(c2cc[nH]c2)c2cc[nH]c2)c(C23CC4CC(CC(C4)C2CP)C3)cc1C(C)(C)C. The zero-order valence-electron chi connectivity index (χ0n) is 24.4. The number of rotatable bonds is 6. The van der Waals surface area contributed by atoms with E-state index in [2.05, 4.69) is 110 Å². The van der Waals surface area contributed by atoms with Gasteiger partial charge in [-0.25, -0.2) is 0 Å². The lowest BCUT2D eigenvalue weighted by atomic mass is 9.43. The van der Waals surface area contributed by atoms with Crippen molar-refractivity contribution in [3.63, 3.8) is 0 Å². The molecule has 4 heteroatoms. The Morgan fingerprint density at radius 3 is 1.87 bits per heavy atom. The molecule has 3 aromatic rings. The molecule has 204 valence electrons. The van der Waals surface area contributed by atoms with Crippen molar-refractivity contribution in [1.82, 2.24) is 9.97 Å². The van der Waals surface area contributed by atoms with Crippen molar-refractivity contribution in [3.05, 3.63) is 71.3 Å². The van der Waals surface area contributed by atoms with Crippen molar-refractivity contribution in [3.8, 4) is 0 Å². The summed E-state index contributed by atoms with van der Waals surface area (Å²) in [6.45, 7) is 14.5. The van der Waals surface area contributed by atoms with Crippen molar-refractivity contribution < 1.29 is 0 Å². The van der Waals surface area contributed by atoms with Crippen LogP contribution in [0.1, 0.15) is 95.9 Å². The summed E-state index contributed by atoms with van der Waals surface area (Å²) in [7, 11) is 2.71. The summed E-state index contributed by atoms with van der Waals surface area (Å²) in [6, 6.07) is 10.1. The monoisotopic (exact) mass is 546 g/mol. The lowest BCUT2D eigenvalue weighted by molar-refractivity contribution is -0.0521. The second kappa shape index (κ2) is 9.63. The van der Waals surface area contributed by atoms with Crippen LogP contribution in [0.2, 0.25) is 0 Å². The molecule has 0 radical (unpaired) electrons. The van der Waals surface area contributed by atoms with Crippen LogP contribution in [-0.2, 0) is 22.4 Å². The highest BCUT2D eigenvalue weighted by Gasteiger charge is 2.57. The molecular weight excluding hydrogens is 498 g/mol. The van der Waals surface area contributed by atoms with Gasteiger partial charge in [-0.1, -0.05) is 53.7 Å². The van der Waals surface area contributed by atoms with Crippen LogP contribution in [0, 0.1) is 23.7 Å². The standard InChI is InChI=1S/C34H48N2P2/c1-32(2,3)29-14-25(21-38(26-7-9-35-18-26)27-8-10-36-19-27)28(15-30(29)33(4,5)6)34-16-22-11-23(17-34)13-24(12-22)31(34)20-37/h7-10,14-15,18-19,22-24,31,35-36H,11-13,16-17,20-21,37H2,1-6H3. The fourth-order valence-electron chi connectivity index (χ4n) is 8.93. The first kappa shape index (κ1) is 26.8. The zero-order chi connectivity index (χ0) is 26.9. The summed E-state index contributed by atoms with van der Waals surface area (Å²) in [5.74, 6) is 3.59. The number of benzene rings is 1. The summed E-state index contributed by atoms with van der Waals surface area (Å²) in [5.41, 5.74) is 7.09. The minimum Gasteiger partial charge on any atom is -0.367 e. The molecule has 4 fully saturated rings. The number of H-pyrrole nitrogens is 2. The molecule has 4 saturated carbocycles. The predicted molar refractivity (Wildman–Crippen MR) is 169 cm³/mol. The Hall–Kier alpha value is -1.36. The lowest BCUT2D eigenvalue weighted by Crippen LogP contribution is -2.56. The van der Waals surface area contributed by atoms with Gasteiger partial charge in [0.1, 0.15) is 0 Å². The molecule has 2 aromatic heterocycles. The Morgan fingerprint density at radius 1 is 0.842 bits per heavy atom. The fourth-order valence-corrected chi connectivity index (χ4v) is 12.0. The molecule has 2 nitrogen and oxygen atoms in total. The Bertz CT molecular complexity index is 1210. The van der Waals surface area contributed by atoms with Crippen LogP contribution in [0.25, 0.3) is 0 Å². The molecule has 4 atom stereocenters. The van der Waals surface area contributed by atoms with E-state index in [0.29, 0.717) is 5.41 Å². The summed E-state index contributed by atoms with van der Waals surface area (Å²) < 4.78 is 0. The highest BCUT2D eigenvalue weighted by Crippen LogP contribution is 2.65. The van der Waals surface area contributed by atoms with E-state index >= 15 is 0 Å². The van der Waals surface area contributed by atoms with Gasteiger partial charge in [0, 0.05) is 30.9 Å². The van der Waals surface area contributed by atoms with Crippen LogP contribution in [0.5, 0.6) is 0 Å². The molecule has 38 heavy (non-hydrogen) atoms. The second-order valence-corrected chi connectivity index (χ2v) is 17.6. The highest BCUT2D eigenvalue weighted by atomic mass is 31.1. The average Bonchev–Trinajstić information content (AvgIpc) is 3.55. The molecule has 7 rings (SSSR count). The van der Waals surface area contributed by atoms with E-state index in [1.54, 1.807) is 22.3 Å². The van der Waals surface area contributed by atoms with Gasteiger partial charge in [-0.3, -0.25) is 0 Å². The van der Waals surface area contributed by atoms with Crippen LogP contribution in [0.4, 0.5) is 0 Å². The van der Waals surface area contributed by atoms with E-state index in [4.69, 9.17) is 0 Å². The molecule has 4 aliphatic rings. The van der Waals surface area contributed by atoms with E-state index in [9.17, 15) is 0 Å². The summed E-state index contributed by atoms with van der Waals surface area (Å²) >= 11 is 0. The summed E-state index contributed by atoms with van der Waals surface area (Å²) in [4.78, 5) is 6.73. The van der Waals surface area contributed by atoms with Gasteiger partial charge in [-0.05, 0) is 131 Å². The van der Waals surface area contributed by atoms with Crippen molar-refractivity contribution in [2.24, 2.45) is 23.7 Å². The van der Waals surface area contributed by atoms with Crippen LogP contribution in [0.3, 0.4) is 0 Å². The van der Waals surface area contributed by atoms with Crippen molar-refractivity contribution >= 4 is 27.8 Å². The van der Waals surface area contributed by atoms with Crippen molar-refractivity contribution in [2.45, 2.75) is 96.1 Å². The van der Waals surface area contributed by atoms with Gasteiger partial charge in [-0.15, -0.1) is 9.24 Å². The third-order valence-electron chi connectivity index (χ3n) is 10.3. The molecule has 2 N–H and O–H groups in total. The maximum atomic E-state index is 3.37. The molecule has 4 bridgehead atoms. The van der Waals surface area contributed by atoms with Gasteiger partial charge in [0.25, 0.3) is 0 Å². The normalized spacial score (nSPS) is 28.9. The quantitative estimate of drug-likeness (QED) is 0.293. The number of hydrogen-bond donors (Lipinski definition) is 2. The topological polar surface area (TPSA) is 31.6 Å². The number of hydrogen-bond acceptors (Lipinski definition) is 0. The molecule has 0 spiro atoms. The van der Waals surface area contributed by atoms with E-state index in [-0.39, 0.29) is 10.8 Å². The Kier molecular flexibility index (Phi) is 6.80. The molecule has 4 aliphatic carbocycles. The van der Waals surface area contributed by atoms with E-state index in [1.165, 1.54) is 48.9 Å². The smallest absolute Gasteiger partial charge is 0.00860 e. The van der Waals surface area contributed by atoms with Crippen molar-refractivity contribution in [2.75, 3.05) is 6.16 Å². The van der Waals surface area contributed by atoms with Crippen LogP contribution in [-0.4, -0.2) is 16.1 Å². The Morgan fingerprint density at radius 2 is 1.39 bits per heavy atom. The first-order valence-corrected chi connectivity index (χ1v) is 17.3. The maximum Gasteiger partial charge on any atom is 0.00860 e. The van der Waals surface area contributed by atoms with Crippen LogP contribution in [0.15, 0.2) is 49.1 Å². The molecule has 0 amide bonds. The average molecular weight is 547 g/mol. The minimum absolute atomic E-state index is 0.113. The first-order chi connectivity index (χ1) is 18.0. The van der Waals surface area contributed by atoms with E-state index in [1.807, 2.05) is 0 Å². The molecule has 4 unspecified atom stereocenters. The van der Waals surface area contributed by atoms with Gasteiger partial charge in [0.05, 0.1) is 0 Å². The summed E-state index contributed by atoms with van der Waals surface area (Å²) in [5, 5.41) is 2.91. The van der Waals surface area contributed by atoms with Crippen LogP contribution < -0.4 is 10.6 Å². The largest absolute Gasteiger partial charge is 0.367 e. The molecule has 0 saturated heterocycles. The zero-order valence-corrected chi connectivity index (χ0v) is 26.5. The Balaban J connectivity index is 1.58. The molecule has 2 heterocycles. The van der Waals surface area contributed by atoms with Crippen LogP contribution >= 0.6 is 17.2 Å². The van der Waals surface area contributed by atoms with Gasteiger partial charge in [0.2, 0.25) is 0 Å². The van der Waals surface area contributed by atoms with Gasteiger partial charge >= 0.3 is 0 Å². The lowest BCUT2D eigenvalue weighted by Gasteiger charge is -2.62. The van der Waals surface area contributed by atoms with Gasteiger partial charge < -0.3 is 9.97 Å². The van der Waals surface area contributed by atoms with Gasteiger partial charge in [0.15, 0.2) is 0 Å². The molecule has 1 aromatic carbocycles. The second-order valence-electron chi connectivity index (χ2n) is 14.9. The van der Waals surface area contributed by atoms with Gasteiger partial charge in [-0.2, -0.15) is 0 Å². The van der Waals surface area contributed by atoms with Crippen molar-refractivity contribution in [1.29, 1.82) is 0 Å². The predicted octanol–water partition coefficient (Wildman–Crippen LogP) is 8.14. The summed E-state index contributed by atoms with van der Waals surface area (Å²) in [6.07, 6.45) is 18.3. The number of aromatic nitrogens is 2. The first-order valence-electron chi connectivity index (χ1n) is 14.9. The maximum absolute atomic E-state index is 3.37. The third-order valence-corrected chi connectivity index (χ3v) is 13.3. The minimum atomic E-state index is -0.483. The highest BCUT2D eigenvalue weighted by molar-refractivity contribution is 7.72. The number of nitrogens with one attached hydrogen (secondary N) is 2. The third kappa shape index (κ3) is 4.57. The Labute approximate surface area is 234 Å². The molecule has 0 aliphatic heterocycles. The molecular formula is C34H48N2P2. The fraction of sp³-hybridized carbons (Fsp3) is 0.588.